The van der Waals surface area contributed by atoms with Crippen LogP contribution in [0.3, 0.4) is 0 Å². The lowest BCUT2D eigenvalue weighted by Gasteiger charge is -1.89. The second kappa shape index (κ2) is 3.47. The molecular weight excluding hydrogens is 220 g/mol. The molecule has 0 amide bonds. The van der Waals surface area contributed by atoms with E-state index in [4.69, 9.17) is 0 Å². The maximum absolute atomic E-state index is 2.29. The van der Waals surface area contributed by atoms with Crippen LogP contribution >= 0.6 is 22.7 Å². The molecule has 74 valence electrons. The van der Waals surface area contributed by atoms with Crippen molar-refractivity contribution in [3.05, 3.63) is 40.6 Å². The third-order valence-corrected chi connectivity index (χ3v) is 4.38. The van der Waals surface area contributed by atoms with E-state index in [1.165, 1.54) is 25.0 Å². The maximum atomic E-state index is 2.29. The standard InChI is InChI=1S/C13H10S2/c1-2-3-11-6-10-8-12-9(4-5-14-12)7-13(10)15-11/h2-8H,1H3. The molecule has 3 aromatic rings. The highest BCUT2D eigenvalue weighted by Gasteiger charge is 2.02. The van der Waals surface area contributed by atoms with Crippen molar-refractivity contribution in [3.63, 3.8) is 0 Å². The van der Waals surface area contributed by atoms with E-state index in [2.05, 4.69) is 48.7 Å². The van der Waals surface area contributed by atoms with Crippen LogP contribution < -0.4 is 0 Å². The summed E-state index contributed by atoms with van der Waals surface area (Å²) in [6.07, 6.45) is 4.26. The van der Waals surface area contributed by atoms with Crippen LogP contribution in [0.1, 0.15) is 11.8 Å². The van der Waals surface area contributed by atoms with Crippen LogP contribution in [0.4, 0.5) is 0 Å². The van der Waals surface area contributed by atoms with E-state index in [1.54, 1.807) is 0 Å². The van der Waals surface area contributed by atoms with Gasteiger partial charge in [-0.15, -0.1) is 22.7 Å². The topological polar surface area (TPSA) is 0 Å². The average molecular weight is 230 g/mol. The summed E-state index contributed by atoms with van der Waals surface area (Å²) in [6.45, 7) is 2.06. The first kappa shape index (κ1) is 9.13. The average Bonchev–Trinajstić information content (AvgIpc) is 2.78. The third kappa shape index (κ3) is 1.50. The molecule has 1 aromatic carbocycles. The van der Waals surface area contributed by atoms with Crippen LogP contribution in [0, 0.1) is 0 Å². The first-order valence-corrected chi connectivity index (χ1v) is 6.60. The molecule has 2 heterocycles. The van der Waals surface area contributed by atoms with E-state index < -0.39 is 0 Å². The van der Waals surface area contributed by atoms with E-state index in [0.29, 0.717) is 0 Å². The second-order valence-corrected chi connectivity index (χ2v) is 5.56. The highest BCUT2D eigenvalue weighted by atomic mass is 32.1. The summed E-state index contributed by atoms with van der Waals surface area (Å²) in [5.74, 6) is 0. The fourth-order valence-corrected chi connectivity index (χ4v) is 3.65. The van der Waals surface area contributed by atoms with E-state index in [1.807, 2.05) is 22.7 Å². The summed E-state index contributed by atoms with van der Waals surface area (Å²) in [6, 6.07) is 9.03. The van der Waals surface area contributed by atoms with Gasteiger partial charge in [0.25, 0.3) is 0 Å². The molecule has 0 aliphatic carbocycles. The normalized spacial score (nSPS) is 12.1. The zero-order valence-electron chi connectivity index (χ0n) is 8.36. The lowest BCUT2D eigenvalue weighted by molar-refractivity contribution is 1.79. The van der Waals surface area contributed by atoms with E-state index >= 15 is 0 Å². The minimum absolute atomic E-state index is 1.34. The van der Waals surface area contributed by atoms with Gasteiger partial charge in [-0.2, -0.15) is 0 Å². The SMILES string of the molecule is CC=Cc1cc2cc3sccc3cc2s1. The Balaban J connectivity index is 2.33. The smallest absolute Gasteiger partial charge is 0.0356 e. The number of allylic oxidation sites excluding steroid dienone is 1. The molecule has 15 heavy (non-hydrogen) atoms. The fraction of sp³-hybridized carbons (Fsp3) is 0.0769. The minimum atomic E-state index is 1.34. The molecule has 0 radical (unpaired) electrons. The Morgan fingerprint density at radius 1 is 1.07 bits per heavy atom. The maximum Gasteiger partial charge on any atom is 0.0356 e. The van der Waals surface area contributed by atoms with Crippen molar-refractivity contribution < 1.29 is 0 Å². The van der Waals surface area contributed by atoms with Crippen LogP contribution in [0.5, 0.6) is 0 Å². The molecular formula is C13H10S2. The van der Waals surface area contributed by atoms with Crippen molar-refractivity contribution in [1.82, 2.24) is 0 Å². The third-order valence-electron chi connectivity index (χ3n) is 2.44. The molecule has 0 unspecified atom stereocenters. The van der Waals surface area contributed by atoms with Crippen LogP contribution in [0.25, 0.3) is 26.2 Å². The van der Waals surface area contributed by atoms with Gasteiger partial charge >= 0.3 is 0 Å². The van der Waals surface area contributed by atoms with Crippen molar-refractivity contribution in [2.45, 2.75) is 6.92 Å². The first-order valence-electron chi connectivity index (χ1n) is 4.90. The van der Waals surface area contributed by atoms with Gasteiger partial charge in [-0.3, -0.25) is 0 Å². The number of fused-ring (bicyclic) bond motifs is 2. The molecule has 0 N–H and O–H groups in total. The Kier molecular flexibility index (Phi) is 2.11. The summed E-state index contributed by atoms with van der Waals surface area (Å²) >= 11 is 3.67. The lowest BCUT2D eigenvalue weighted by atomic mass is 10.2. The van der Waals surface area contributed by atoms with Crippen molar-refractivity contribution in [2.75, 3.05) is 0 Å². The monoisotopic (exact) mass is 230 g/mol. The first-order chi connectivity index (χ1) is 7.36. The Morgan fingerprint density at radius 3 is 2.80 bits per heavy atom. The van der Waals surface area contributed by atoms with Gasteiger partial charge in [0.15, 0.2) is 0 Å². The Hall–Kier alpha value is -1.12. The molecule has 0 fully saturated rings. The van der Waals surface area contributed by atoms with Gasteiger partial charge in [0.05, 0.1) is 0 Å². The quantitative estimate of drug-likeness (QED) is 0.542. The van der Waals surface area contributed by atoms with Gasteiger partial charge < -0.3 is 0 Å². The molecule has 2 aromatic heterocycles. The van der Waals surface area contributed by atoms with E-state index in [9.17, 15) is 0 Å². The highest BCUT2D eigenvalue weighted by molar-refractivity contribution is 7.20. The summed E-state index contributed by atoms with van der Waals surface area (Å²) in [5.41, 5.74) is 0. The summed E-state index contributed by atoms with van der Waals surface area (Å²) in [7, 11) is 0. The van der Waals surface area contributed by atoms with Crippen LogP contribution in [-0.2, 0) is 0 Å². The van der Waals surface area contributed by atoms with E-state index in [0.717, 1.165) is 0 Å². The molecule has 0 atom stereocenters. The molecule has 3 rings (SSSR count). The van der Waals surface area contributed by atoms with Crippen LogP contribution in [-0.4, -0.2) is 0 Å². The van der Waals surface area contributed by atoms with Crippen LogP contribution in [0.15, 0.2) is 35.7 Å². The number of hydrogen-bond acceptors (Lipinski definition) is 2. The Bertz CT molecular complexity index is 593. The molecule has 0 aliphatic rings. The number of thiophene rings is 2. The Labute approximate surface area is 96.5 Å². The second-order valence-electron chi connectivity index (χ2n) is 3.50. The van der Waals surface area contributed by atoms with Gasteiger partial charge in [-0.05, 0) is 53.4 Å². The predicted molar refractivity (Wildman–Crippen MR) is 71.9 cm³/mol. The largest absolute Gasteiger partial charge is 0.144 e. The molecule has 2 heteroatoms. The van der Waals surface area contributed by atoms with Crippen LogP contribution in [0.2, 0.25) is 0 Å². The van der Waals surface area contributed by atoms with Gasteiger partial charge in [0, 0.05) is 14.3 Å². The van der Waals surface area contributed by atoms with Crippen molar-refractivity contribution in [2.24, 2.45) is 0 Å². The molecule has 0 bridgehead atoms. The van der Waals surface area contributed by atoms with Gasteiger partial charge in [-0.1, -0.05) is 6.08 Å². The summed E-state index contributed by atoms with van der Waals surface area (Å²) < 4.78 is 2.77. The molecule has 0 saturated heterocycles. The number of rotatable bonds is 1. The van der Waals surface area contributed by atoms with Crippen molar-refractivity contribution in [1.29, 1.82) is 0 Å². The predicted octanol–water partition coefficient (Wildman–Crippen LogP) is 5.15. The minimum Gasteiger partial charge on any atom is -0.144 e. The Morgan fingerprint density at radius 2 is 1.93 bits per heavy atom. The van der Waals surface area contributed by atoms with Crippen molar-refractivity contribution in [3.8, 4) is 0 Å². The highest BCUT2D eigenvalue weighted by Crippen LogP contribution is 2.32. The van der Waals surface area contributed by atoms with Gasteiger partial charge in [0.2, 0.25) is 0 Å². The molecule has 0 spiro atoms. The van der Waals surface area contributed by atoms with E-state index in [-0.39, 0.29) is 0 Å². The fourth-order valence-electron chi connectivity index (χ4n) is 1.76. The molecule has 0 aliphatic heterocycles. The number of benzene rings is 1. The molecule has 0 nitrogen and oxygen atoms in total. The van der Waals surface area contributed by atoms with Crippen molar-refractivity contribution >= 4 is 48.9 Å². The number of hydrogen-bond donors (Lipinski definition) is 0. The lowest BCUT2D eigenvalue weighted by Crippen LogP contribution is -1.62. The molecule has 0 saturated carbocycles. The van der Waals surface area contributed by atoms with Gasteiger partial charge in [-0.25, -0.2) is 0 Å². The summed E-state index contributed by atoms with van der Waals surface area (Å²) in [4.78, 5) is 1.34. The zero-order valence-corrected chi connectivity index (χ0v) is 9.99. The zero-order chi connectivity index (χ0) is 10.3. The van der Waals surface area contributed by atoms with Gasteiger partial charge in [0.1, 0.15) is 0 Å². The summed E-state index contributed by atoms with van der Waals surface area (Å²) in [5, 5.41) is 4.88.